The Bertz CT molecular complexity index is 961. The van der Waals surface area contributed by atoms with Crippen molar-refractivity contribution >= 4 is 11.6 Å². The summed E-state index contributed by atoms with van der Waals surface area (Å²) in [6, 6.07) is 4.61. The van der Waals surface area contributed by atoms with Gasteiger partial charge in [0.15, 0.2) is 11.5 Å². The Morgan fingerprint density at radius 3 is 2.79 bits per heavy atom. The van der Waals surface area contributed by atoms with Crippen molar-refractivity contribution in [2.75, 3.05) is 0 Å². The van der Waals surface area contributed by atoms with Crippen molar-refractivity contribution in [1.29, 1.82) is 0 Å². The van der Waals surface area contributed by atoms with Crippen LogP contribution in [0.15, 0.2) is 41.5 Å². The third kappa shape index (κ3) is 2.98. The lowest BCUT2D eigenvalue weighted by Gasteiger charge is -2.07. The molecule has 0 aliphatic carbocycles. The first kappa shape index (κ1) is 15.7. The normalized spacial score (nSPS) is 11.6. The van der Waals surface area contributed by atoms with E-state index in [2.05, 4.69) is 20.5 Å². The van der Waals surface area contributed by atoms with Crippen molar-refractivity contribution in [3.05, 3.63) is 64.0 Å². The van der Waals surface area contributed by atoms with Gasteiger partial charge in [0, 0.05) is 12.4 Å². The molecule has 3 aromatic rings. The van der Waals surface area contributed by atoms with Gasteiger partial charge in [0.2, 0.25) is 0 Å². The van der Waals surface area contributed by atoms with Gasteiger partial charge in [-0.3, -0.25) is 14.0 Å². The molecule has 0 bridgehead atoms. The Morgan fingerprint density at radius 1 is 1.29 bits per heavy atom. The number of hydrogen-bond acceptors (Lipinski definition) is 4. The molecule has 2 N–H and O–H groups in total. The van der Waals surface area contributed by atoms with Crippen molar-refractivity contribution in [3.63, 3.8) is 0 Å². The molecule has 7 nitrogen and oxygen atoms in total. The van der Waals surface area contributed by atoms with Gasteiger partial charge in [0.1, 0.15) is 5.56 Å². The van der Waals surface area contributed by atoms with Crippen LogP contribution in [0.5, 0.6) is 0 Å². The van der Waals surface area contributed by atoms with Gasteiger partial charge in [-0.2, -0.15) is 13.2 Å². The molecule has 0 radical (unpaired) electrons. The summed E-state index contributed by atoms with van der Waals surface area (Å²) >= 11 is 0. The number of carbonyl (C=O) groups excluding carboxylic acids is 1. The summed E-state index contributed by atoms with van der Waals surface area (Å²) in [5.41, 5.74) is -1.46. The van der Waals surface area contributed by atoms with Crippen molar-refractivity contribution in [1.82, 2.24) is 24.9 Å². The standard InChI is InChI=1S/C14H10F3N5O2/c15-14(16,17)8-3-5-22-10(6-8)20-21-11(22)7-19-13(24)9-2-1-4-18-12(9)23/h1-6H,7H2,(H,18,23)(H,19,24). The van der Waals surface area contributed by atoms with Crippen LogP contribution in [-0.2, 0) is 12.7 Å². The van der Waals surface area contributed by atoms with E-state index in [4.69, 9.17) is 0 Å². The monoisotopic (exact) mass is 337 g/mol. The van der Waals surface area contributed by atoms with Crippen molar-refractivity contribution in [2.24, 2.45) is 0 Å². The molecule has 10 heteroatoms. The summed E-state index contributed by atoms with van der Waals surface area (Å²) < 4.78 is 39.3. The maximum atomic E-state index is 12.7. The van der Waals surface area contributed by atoms with Crippen LogP contribution in [0.4, 0.5) is 13.2 Å². The Balaban J connectivity index is 1.80. The molecule has 0 saturated carbocycles. The fourth-order valence-corrected chi connectivity index (χ4v) is 2.09. The largest absolute Gasteiger partial charge is 0.416 e. The maximum Gasteiger partial charge on any atom is 0.416 e. The molecule has 24 heavy (non-hydrogen) atoms. The minimum Gasteiger partial charge on any atom is -0.345 e. The van der Waals surface area contributed by atoms with E-state index in [9.17, 15) is 22.8 Å². The van der Waals surface area contributed by atoms with Crippen LogP contribution < -0.4 is 10.9 Å². The molecule has 3 aromatic heterocycles. The zero-order chi connectivity index (χ0) is 17.3. The van der Waals surface area contributed by atoms with Crippen LogP contribution >= 0.6 is 0 Å². The average molecular weight is 337 g/mol. The molecule has 0 aliphatic rings. The summed E-state index contributed by atoms with van der Waals surface area (Å²) in [5, 5.41) is 9.88. The molecule has 0 aromatic carbocycles. The van der Waals surface area contributed by atoms with Gasteiger partial charge in [0.25, 0.3) is 11.5 Å². The number of nitrogens with one attached hydrogen (secondary N) is 2. The first-order valence-corrected chi connectivity index (χ1v) is 6.73. The summed E-state index contributed by atoms with van der Waals surface area (Å²) in [7, 11) is 0. The zero-order valence-corrected chi connectivity index (χ0v) is 12.0. The Hall–Kier alpha value is -3.17. The number of carbonyl (C=O) groups is 1. The molecule has 1 amide bonds. The van der Waals surface area contributed by atoms with Gasteiger partial charge in [0.05, 0.1) is 12.1 Å². The van der Waals surface area contributed by atoms with Crippen molar-refractivity contribution < 1.29 is 18.0 Å². The molecule has 0 aliphatic heterocycles. The molecule has 3 rings (SSSR count). The summed E-state index contributed by atoms with van der Waals surface area (Å²) in [6.07, 6.45) is -1.91. The van der Waals surface area contributed by atoms with Crippen molar-refractivity contribution in [2.45, 2.75) is 12.7 Å². The molecule has 3 heterocycles. The number of halogens is 3. The molecular formula is C14H10F3N5O2. The number of hydrogen-bond donors (Lipinski definition) is 2. The molecule has 0 unspecified atom stereocenters. The number of aromatic amines is 1. The van der Waals surface area contributed by atoms with E-state index in [0.29, 0.717) is 0 Å². The highest BCUT2D eigenvalue weighted by molar-refractivity contribution is 5.93. The van der Waals surface area contributed by atoms with Crippen molar-refractivity contribution in [3.8, 4) is 0 Å². The van der Waals surface area contributed by atoms with Crippen LogP contribution in [0.2, 0.25) is 0 Å². The van der Waals surface area contributed by atoms with E-state index in [1.165, 1.54) is 28.9 Å². The van der Waals surface area contributed by atoms with E-state index < -0.39 is 23.2 Å². The van der Waals surface area contributed by atoms with Crippen LogP contribution in [0.3, 0.4) is 0 Å². The smallest absolute Gasteiger partial charge is 0.345 e. The number of H-pyrrole nitrogens is 1. The predicted octanol–water partition coefficient (Wildman–Crippen LogP) is 1.37. The van der Waals surface area contributed by atoms with Crippen LogP contribution in [0.25, 0.3) is 5.65 Å². The number of fused-ring (bicyclic) bond motifs is 1. The third-order valence-corrected chi connectivity index (χ3v) is 3.28. The second-order valence-electron chi connectivity index (χ2n) is 4.85. The number of nitrogens with zero attached hydrogens (tertiary/aromatic N) is 3. The molecule has 0 saturated heterocycles. The highest BCUT2D eigenvalue weighted by atomic mass is 19.4. The fraction of sp³-hybridized carbons (Fsp3) is 0.143. The van der Waals surface area contributed by atoms with E-state index >= 15 is 0 Å². The van der Waals surface area contributed by atoms with Gasteiger partial charge in [-0.15, -0.1) is 10.2 Å². The van der Waals surface area contributed by atoms with Gasteiger partial charge >= 0.3 is 6.18 Å². The number of alkyl halides is 3. The minimum absolute atomic E-state index is 0.00614. The molecular weight excluding hydrogens is 327 g/mol. The molecule has 0 fully saturated rings. The van der Waals surface area contributed by atoms with E-state index in [1.807, 2.05) is 0 Å². The van der Waals surface area contributed by atoms with Crippen LogP contribution in [0.1, 0.15) is 21.7 Å². The Morgan fingerprint density at radius 2 is 2.08 bits per heavy atom. The zero-order valence-electron chi connectivity index (χ0n) is 12.0. The van der Waals surface area contributed by atoms with Gasteiger partial charge in [-0.1, -0.05) is 0 Å². The minimum atomic E-state index is -4.48. The Kier molecular flexibility index (Phi) is 3.80. The van der Waals surface area contributed by atoms with Gasteiger partial charge in [-0.25, -0.2) is 0 Å². The summed E-state index contributed by atoms with van der Waals surface area (Å²) in [6.45, 7) is -0.0975. The van der Waals surface area contributed by atoms with E-state index in [0.717, 1.165) is 12.1 Å². The summed E-state index contributed by atoms with van der Waals surface area (Å²) in [5.74, 6) is -0.389. The number of pyridine rings is 2. The Labute approximate surface area is 132 Å². The maximum absolute atomic E-state index is 12.7. The van der Waals surface area contributed by atoms with Gasteiger partial charge in [-0.05, 0) is 24.3 Å². The molecule has 0 spiro atoms. The molecule has 0 atom stereocenters. The number of amides is 1. The first-order valence-electron chi connectivity index (χ1n) is 6.73. The highest BCUT2D eigenvalue weighted by Crippen LogP contribution is 2.29. The van der Waals surface area contributed by atoms with Crippen LogP contribution in [-0.4, -0.2) is 25.5 Å². The van der Waals surface area contributed by atoms with Gasteiger partial charge < -0.3 is 10.3 Å². The number of aromatic nitrogens is 4. The summed E-state index contributed by atoms with van der Waals surface area (Å²) in [4.78, 5) is 25.8. The second-order valence-corrected chi connectivity index (χ2v) is 4.85. The lowest BCUT2D eigenvalue weighted by molar-refractivity contribution is -0.137. The van der Waals surface area contributed by atoms with Crippen LogP contribution in [0, 0.1) is 0 Å². The lowest BCUT2D eigenvalue weighted by atomic mass is 10.2. The first-order chi connectivity index (χ1) is 11.4. The third-order valence-electron chi connectivity index (χ3n) is 3.28. The molecule has 124 valence electrons. The van der Waals surface area contributed by atoms with E-state index in [1.54, 1.807) is 0 Å². The predicted molar refractivity (Wildman–Crippen MR) is 76.2 cm³/mol. The SMILES string of the molecule is O=C(NCc1nnc2cc(C(F)(F)F)ccn12)c1ccc[nH]c1=O. The highest BCUT2D eigenvalue weighted by Gasteiger charge is 2.31. The second kappa shape index (κ2) is 5.80. The van der Waals surface area contributed by atoms with E-state index in [-0.39, 0.29) is 23.6 Å². The quantitative estimate of drug-likeness (QED) is 0.755. The lowest BCUT2D eigenvalue weighted by Crippen LogP contribution is -2.29. The number of rotatable bonds is 3. The topological polar surface area (TPSA) is 92.2 Å². The average Bonchev–Trinajstić information content (AvgIpc) is 2.94. The fourth-order valence-electron chi connectivity index (χ4n) is 2.09.